The van der Waals surface area contributed by atoms with Crippen LogP contribution in [-0.4, -0.2) is 36.0 Å². The van der Waals surface area contributed by atoms with Crippen molar-refractivity contribution in [3.8, 4) is 5.75 Å². The van der Waals surface area contributed by atoms with E-state index in [0.29, 0.717) is 19.6 Å². The standard InChI is InChI=1S/C20H22N2O2.ClH/c1-22(13-14-24-17-7-3-2-4-8-17)20(23)12-11-16-15-21-19-10-6-5-9-18(16)19;/h2-10,15,21H,11-14H2,1H3;1H. The molecular formula is C20H23ClN2O2. The van der Waals surface area contributed by atoms with Crippen molar-refractivity contribution in [1.82, 2.24) is 9.88 Å². The summed E-state index contributed by atoms with van der Waals surface area (Å²) in [6.07, 6.45) is 3.24. The van der Waals surface area contributed by atoms with E-state index in [4.69, 9.17) is 4.74 Å². The number of fused-ring (bicyclic) bond motifs is 1. The normalized spacial score (nSPS) is 10.3. The largest absolute Gasteiger partial charge is 0.492 e. The van der Waals surface area contributed by atoms with Crippen molar-refractivity contribution in [3.63, 3.8) is 0 Å². The van der Waals surface area contributed by atoms with Crippen LogP contribution in [0.1, 0.15) is 12.0 Å². The third-order valence-electron chi connectivity index (χ3n) is 4.15. The lowest BCUT2D eigenvalue weighted by Gasteiger charge is -2.17. The van der Waals surface area contributed by atoms with Gasteiger partial charge in [0, 0.05) is 30.6 Å². The highest BCUT2D eigenvalue weighted by atomic mass is 35.5. The van der Waals surface area contributed by atoms with Crippen LogP contribution in [0.2, 0.25) is 0 Å². The van der Waals surface area contributed by atoms with Gasteiger partial charge in [0.25, 0.3) is 0 Å². The number of likely N-dealkylation sites (N-methyl/N-ethyl adjacent to an activating group) is 1. The van der Waals surface area contributed by atoms with Crippen LogP contribution >= 0.6 is 12.4 Å². The van der Waals surface area contributed by atoms with Crippen LogP contribution in [0.4, 0.5) is 0 Å². The van der Waals surface area contributed by atoms with Gasteiger partial charge in [-0.15, -0.1) is 12.4 Å². The molecule has 3 rings (SSSR count). The van der Waals surface area contributed by atoms with Crippen LogP contribution in [0, 0.1) is 0 Å². The van der Waals surface area contributed by atoms with Gasteiger partial charge in [-0.25, -0.2) is 0 Å². The Balaban J connectivity index is 0.00000225. The summed E-state index contributed by atoms with van der Waals surface area (Å²) in [5.41, 5.74) is 2.30. The number of aryl methyl sites for hydroxylation is 1. The average Bonchev–Trinajstić information content (AvgIpc) is 3.03. The number of benzene rings is 2. The van der Waals surface area contributed by atoms with E-state index in [1.807, 2.05) is 61.8 Å². The summed E-state index contributed by atoms with van der Waals surface area (Å²) in [4.78, 5) is 17.3. The smallest absolute Gasteiger partial charge is 0.222 e. The maximum Gasteiger partial charge on any atom is 0.222 e. The van der Waals surface area contributed by atoms with Gasteiger partial charge < -0.3 is 14.6 Å². The second-order valence-electron chi connectivity index (χ2n) is 5.84. The summed E-state index contributed by atoms with van der Waals surface area (Å²) in [5, 5.41) is 1.19. The number of rotatable bonds is 7. The van der Waals surface area contributed by atoms with Gasteiger partial charge in [-0.3, -0.25) is 4.79 Å². The Kier molecular flexibility index (Phi) is 6.90. The monoisotopic (exact) mass is 358 g/mol. The van der Waals surface area contributed by atoms with E-state index >= 15 is 0 Å². The van der Waals surface area contributed by atoms with E-state index in [9.17, 15) is 4.79 Å². The zero-order valence-electron chi connectivity index (χ0n) is 14.3. The average molecular weight is 359 g/mol. The van der Waals surface area contributed by atoms with Crippen molar-refractivity contribution in [2.45, 2.75) is 12.8 Å². The van der Waals surface area contributed by atoms with Crippen molar-refractivity contribution in [1.29, 1.82) is 0 Å². The van der Waals surface area contributed by atoms with Gasteiger partial charge in [-0.1, -0.05) is 36.4 Å². The molecule has 1 aromatic heterocycles. The minimum atomic E-state index is 0. The summed E-state index contributed by atoms with van der Waals surface area (Å²) >= 11 is 0. The second kappa shape index (κ2) is 9.14. The first-order valence-corrected chi connectivity index (χ1v) is 8.21. The van der Waals surface area contributed by atoms with E-state index in [0.717, 1.165) is 17.7 Å². The SMILES string of the molecule is CN(CCOc1ccccc1)C(=O)CCc1c[nH]c2ccccc12.Cl. The summed E-state index contributed by atoms with van der Waals surface area (Å²) in [6, 6.07) is 17.8. The molecule has 0 atom stereocenters. The Bertz CT molecular complexity index is 802. The molecule has 0 unspecified atom stereocenters. The molecular weight excluding hydrogens is 336 g/mol. The first-order valence-electron chi connectivity index (χ1n) is 8.21. The number of nitrogens with one attached hydrogen (secondary N) is 1. The molecule has 3 aromatic rings. The van der Waals surface area contributed by atoms with E-state index in [1.165, 1.54) is 10.9 Å². The molecule has 2 aromatic carbocycles. The third kappa shape index (κ3) is 5.00. The molecule has 0 spiro atoms. The molecule has 0 aliphatic rings. The van der Waals surface area contributed by atoms with Crippen LogP contribution < -0.4 is 4.74 Å². The van der Waals surface area contributed by atoms with E-state index in [1.54, 1.807) is 4.90 Å². The van der Waals surface area contributed by atoms with Gasteiger partial charge in [-0.2, -0.15) is 0 Å². The molecule has 1 amide bonds. The van der Waals surface area contributed by atoms with Gasteiger partial charge in [0.1, 0.15) is 12.4 Å². The molecule has 132 valence electrons. The second-order valence-corrected chi connectivity index (χ2v) is 5.84. The number of carbonyl (C=O) groups is 1. The summed E-state index contributed by atoms with van der Waals surface area (Å²) in [5.74, 6) is 0.967. The number of para-hydroxylation sites is 2. The van der Waals surface area contributed by atoms with Crippen molar-refractivity contribution in [2.24, 2.45) is 0 Å². The Morgan fingerprint density at radius 1 is 1.08 bits per heavy atom. The highest BCUT2D eigenvalue weighted by Crippen LogP contribution is 2.19. The zero-order chi connectivity index (χ0) is 16.8. The fourth-order valence-corrected chi connectivity index (χ4v) is 2.71. The van der Waals surface area contributed by atoms with Crippen LogP contribution in [0.15, 0.2) is 60.8 Å². The van der Waals surface area contributed by atoms with Crippen LogP contribution in [0.5, 0.6) is 5.75 Å². The van der Waals surface area contributed by atoms with Crippen molar-refractivity contribution >= 4 is 29.2 Å². The summed E-state index contributed by atoms with van der Waals surface area (Å²) in [6.45, 7) is 1.08. The number of amides is 1. The number of nitrogens with zero attached hydrogens (tertiary/aromatic N) is 1. The molecule has 0 aliphatic carbocycles. The Hall–Kier alpha value is -2.46. The van der Waals surface area contributed by atoms with Gasteiger partial charge in [0.15, 0.2) is 0 Å². The molecule has 0 radical (unpaired) electrons. The van der Waals surface area contributed by atoms with Gasteiger partial charge in [0.2, 0.25) is 5.91 Å². The highest BCUT2D eigenvalue weighted by molar-refractivity contribution is 5.85. The van der Waals surface area contributed by atoms with E-state index < -0.39 is 0 Å². The first kappa shape index (κ1) is 18.9. The Labute approximate surface area is 154 Å². The van der Waals surface area contributed by atoms with Crippen molar-refractivity contribution in [2.75, 3.05) is 20.2 Å². The topological polar surface area (TPSA) is 45.3 Å². The quantitative estimate of drug-likeness (QED) is 0.692. The maximum absolute atomic E-state index is 12.3. The molecule has 0 fully saturated rings. The van der Waals surface area contributed by atoms with E-state index in [2.05, 4.69) is 11.1 Å². The molecule has 1 N–H and O–H groups in total. The summed E-state index contributed by atoms with van der Waals surface area (Å²) in [7, 11) is 1.83. The fourth-order valence-electron chi connectivity index (χ4n) is 2.71. The number of carbonyl (C=O) groups excluding carboxylic acids is 1. The number of H-pyrrole nitrogens is 1. The van der Waals surface area contributed by atoms with Crippen LogP contribution in [0.25, 0.3) is 10.9 Å². The Morgan fingerprint density at radius 2 is 1.80 bits per heavy atom. The number of aromatic amines is 1. The van der Waals surface area contributed by atoms with Gasteiger partial charge in [-0.05, 0) is 30.2 Å². The number of hydrogen-bond acceptors (Lipinski definition) is 2. The van der Waals surface area contributed by atoms with Gasteiger partial charge in [0.05, 0.1) is 6.54 Å². The van der Waals surface area contributed by atoms with Crippen LogP contribution in [0.3, 0.4) is 0 Å². The van der Waals surface area contributed by atoms with Crippen molar-refractivity contribution < 1.29 is 9.53 Å². The highest BCUT2D eigenvalue weighted by Gasteiger charge is 2.11. The molecule has 5 heteroatoms. The zero-order valence-corrected chi connectivity index (χ0v) is 15.1. The lowest BCUT2D eigenvalue weighted by Crippen LogP contribution is -2.31. The summed E-state index contributed by atoms with van der Waals surface area (Å²) < 4.78 is 5.64. The molecule has 0 aliphatic heterocycles. The van der Waals surface area contributed by atoms with Crippen molar-refractivity contribution in [3.05, 3.63) is 66.4 Å². The predicted octanol–water partition coefficient (Wildman–Crippen LogP) is 4.06. The Morgan fingerprint density at radius 3 is 2.60 bits per heavy atom. The predicted molar refractivity (Wildman–Crippen MR) is 103 cm³/mol. The molecule has 0 saturated carbocycles. The minimum absolute atomic E-state index is 0. The number of ether oxygens (including phenoxy) is 1. The number of aromatic nitrogens is 1. The molecule has 0 saturated heterocycles. The molecule has 25 heavy (non-hydrogen) atoms. The van der Waals surface area contributed by atoms with E-state index in [-0.39, 0.29) is 18.3 Å². The lowest BCUT2D eigenvalue weighted by molar-refractivity contribution is -0.130. The first-order chi connectivity index (χ1) is 11.7. The maximum atomic E-state index is 12.3. The molecule has 1 heterocycles. The molecule has 0 bridgehead atoms. The third-order valence-corrected chi connectivity index (χ3v) is 4.15. The van der Waals surface area contributed by atoms with Gasteiger partial charge >= 0.3 is 0 Å². The molecule has 4 nitrogen and oxygen atoms in total. The number of halogens is 1. The number of hydrogen-bond donors (Lipinski definition) is 1. The van der Waals surface area contributed by atoms with Crippen LogP contribution in [-0.2, 0) is 11.2 Å². The minimum Gasteiger partial charge on any atom is -0.492 e. The lowest BCUT2D eigenvalue weighted by atomic mass is 10.1. The fraction of sp³-hybridized carbons (Fsp3) is 0.250.